The molecule has 3 rings (SSSR count). The van der Waals surface area contributed by atoms with E-state index in [1.54, 1.807) is 12.1 Å². The first kappa shape index (κ1) is 19.9. The Labute approximate surface area is 169 Å². The Morgan fingerprint density at radius 2 is 2.18 bits per heavy atom. The largest absolute Gasteiger partial charge is 0.294 e. The van der Waals surface area contributed by atoms with Crippen LogP contribution < -0.4 is 0 Å². The molecule has 1 aromatic carbocycles. The summed E-state index contributed by atoms with van der Waals surface area (Å²) in [5.74, 6) is -1.49. The molecule has 1 aromatic heterocycles. The highest BCUT2D eigenvalue weighted by atomic mass is 32.2. The number of carbonyl (C=O) groups is 2. The van der Waals surface area contributed by atoms with Gasteiger partial charge in [0.25, 0.3) is 11.1 Å². The third kappa shape index (κ3) is 4.52. The standard InChI is InChI=1S/C19H15FN4O2S2/c1-12-11-27-17(23-12)14(9-21)10-22-6-7-24-18(25)16(28-19(24)26)8-13-4-2-3-5-15(13)20/h2-5,8,10-11,14H,6-7H2,1H3/b16-8-,22-10?/t14-/m1/s1. The number of halogens is 1. The van der Waals surface area contributed by atoms with Gasteiger partial charge < -0.3 is 0 Å². The first-order valence-corrected chi connectivity index (χ1v) is 10.0. The number of nitrogens with zero attached hydrogens (tertiary/aromatic N) is 4. The highest BCUT2D eigenvalue weighted by Crippen LogP contribution is 2.32. The average molecular weight is 414 g/mol. The normalized spacial score (nSPS) is 16.9. The maximum Gasteiger partial charge on any atom is 0.293 e. The van der Waals surface area contributed by atoms with Crippen LogP contribution in [0.3, 0.4) is 0 Å². The van der Waals surface area contributed by atoms with E-state index in [1.807, 2.05) is 12.3 Å². The summed E-state index contributed by atoms with van der Waals surface area (Å²) in [7, 11) is 0. The number of benzene rings is 1. The van der Waals surface area contributed by atoms with Crippen molar-refractivity contribution < 1.29 is 14.0 Å². The summed E-state index contributed by atoms with van der Waals surface area (Å²) in [6.45, 7) is 2.11. The minimum absolute atomic E-state index is 0.0881. The molecule has 1 aliphatic heterocycles. The number of hydrogen-bond donors (Lipinski definition) is 0. The Kier molecular flexibility index (Phi) is 6.34. The van der Waals surface area contributed by atoms with E-state index in [9.17, 15) is 19.2 Å². The van der Waals surface area contributed by atoms with E-state index in [0.717, 1.165) is 22.4 Å². The number of imide groups is 1. The second-order valence-electron chi connectivity index (χ2n) is 5.84. The van der Waals surface area contributed by atoms with Gasteiger partial charge in [-0.25, -0.2) is 9.37 Å². The van der Waals surface area contributed by atoms with E-state index in [1.165, 1.54) is 35.8 Å². The molecule has 0 N–H and O–H groups in total. The third-order valence-electron chi connectivity index (χ3n) is 3.81. The molecule has 9 heteroatoms. The third-order valence-corrected chi connectivity index (χ3v) is 5.77. The summed E-state index contributed by atoms with van der Waals surface area (Å²) in [4.78, 5) is 34.2. The van der Waals surface area contributed by atoms with Crippen molar-refractivity contribution in [3.05, 3.63) is 56.6 Å². The van der Waals surface area contributed by atoms with Crippen LogP contribution in [-0.2, 0) is 4.79 Å². The number of aliphatic imine (C=N–C) groups is 1. The first-order valence-electron chi connectivity index (χ1n) is 8.31. The van der Waals surface area contributed by atoms with Crippen molar-refractivity contribution >= 4 is 46.5 Å². The molecule has 6 nitrogen and oxygen atoms in total. The number of amides is 2. The summed E-state index contributed by atoms with van der Waals surface area (Å²) >= 11 is 2.16. The molecule has 0 saturated carbocycles. The van der Waals surface area contributed by atoms with Gasteiger partial charge in [-0.3, -0.25) is 19.5 Å². The molecular weight excluding hydrogens is 399 g/mol. The van der Waals surface area contributed by atoms with Gasteiger partial charge in [-0.05, 0) is 30.8 Å². The van der Waals surface area contributed by atoms with Crippen LogP contribution in [0.15, 0.2) is 39.5 Å². The van der Waals surface area contributed by atoms with Crippen molar-refractivity contribution in [2.75, 3.05) is 13.1 Å². The van der Waals surface area contributed by atoms with Crippen LogP contribution in [0.1, 0.15) is 22.2 Å². The average Bonchev–Trinajstić information content (AvgIpc) is 3.21. The van der Waals surface area contributed by atoms with Crippen LogP contribution >= 0.6 is 23.1 Å². The SMILES string of the molecule is Cc1csc([C@H](C#N)C=NCCN2C(=O)S/C(=C\c3ccccc3F)C2=O)n1. The molecule has 1 atom stereocenters. The fourth-order valence-electron chi connectivity index (χ4n) is 2.43. The van der Waals surface area contributed by atoms with Crippen molar-refractivity contribution in [3.8, 4) is 6.07 Å². The van der Waals surface area contributed by atoms with E-state index < -0.39 is 22.9 Å². The minimum Gasteiger partial charge on any atom is -0.294 e. The van der Waals surface area contributed by atoms with Crippen LogP contribution in [0.4, 0.5) is 9.18 Å². The lowest BCUT2D eigenvalue weighted by molar-refractivity contribution is -0.122. The fourth-order valence-corrected chi connectivity index (χ4v) is 4.09. The van der Waals surface area contributed by atoms with Gasteiger partial charge in [-0.2, -0.15) is 5.26 Å². The van der Waals surface area contributed by atoms with Crippen molar-refractivity contribution in [3.63, 3.8) is 0 Å². The summed E-state index contributed by atoms with van der Waals surface area (Å²) in [5.41, 5.74) is 1.09. The molecule has 0 aliphatic carbocycles. The van der Waals surface area contributed by atoms with Gasteiger partial charge in [-0.1, -0.05) is 18.2 Å². The summed E-state index contributed by atoms with van der Waals surface area (Å²) in [5, 5.41) is 11.3. The smallest absolute Gasteiger partial charge is 0.293 e. The topological polar surface area (TPSA) is 86.4 Å². The molecule has 1 aliphatic rings. The Bertz CT molecular complexity index is 1010. The number of thioether (sulfide) groups is 1. The number of hydrogen-bond acceptors (Lipinski definition) is 7. The molecule has 1 fully saturated rings. The Morgan fingerprint density at radius 3 is 2.86 bits per heavy atom. The first-order chi connectivity index (χ1) is 13.5. The van der Waals surface area contributed by atoms with Gasteiger partial charge in [-0.15, -0.1) is 11.3 Å². The molecule has 2 amide bonds. The van der Waals surface area contributed by atoms with Crippen LogP contribution in [-0.4, -0.2) is 40.3 Å². The van der Waals surface area contributed by atoms with Crippen LogP contribution in [0, 0.1) is 24.1 Å². The number of aryl methyl sites for hydroxylation is 1. The van der Waals surface area contributed by atoms with Crippen molar-refractivity contribution in [1.29, 1.82) is 5.26 Å². The summed E-state index contributed by atoms with van der Waals surface area (Å²) in [6.07, 6.45) is 2.85. The number of aromatic nitrogens is 1. The molecule has 28 heavy (non-hydrogen) atoms. The predicted molar refractivity (Wildman–Crippen MR) is 108 cm³/mol. The molecule has 0 bridgehead atoms. The zero-order valence-electron chi connectivity index (χ0n) is 14.8. The quantitative estimate of drug-likeness (QED) is 0.527. The van der Waals surface area contributed by atoms with Gasteiger partial charge >= 0.3 is 0 Å². The van der Waals surface area contributed by atoms with E-state index in [-0.39, 0.29) is 23.6 Å². The zero-order valence-corrected chi connectivity index (χ0v) is 16.5. The maximum atomic E-state index is 13.8. The predicted octanol–water partition coefficient (Wildman–Crippen LogP) is 4.01. The maximum absolute atomic E-state index is 13.8. The molecule has 2 heterocycles. The highest BCUT2D eigenvalue weighted by molar-refractivity contribution is 8.18. The Morgan fingerprint density at radius 1 is 1.39 bits per heavy atom. The van der Waals surface area contributed by atoms with Gasteiger partial charge in [0.2, 0.25) is 0 Å². The Balaban J connectivity index is 1.62. The van der Waals surface area contributed by atoms with Crippen molar-refractivity contribution in [2.24, 2.45) is 4.99 Å². The lowest BCUT2D eigenvalue weighted by atomic mass is 10.2. The molecule has 1 saturated heterocycles. The van der Waals surface area contributed by atoms with Gasteiger partial charge in [0, 0.05) is 29.4 Å². The zero-order chi connectivity index (χ0) is 20.1. The summed E-state index contributed by atoms with van der Waals surface area (Å²) in [6, 6.07) is 8.16. The molecule has 142 valence electrons. The number of thiazole rings is 1. The van der Waals surface area contributed by atoms with E-state index in [4.69, 9.17) is 0 Å². The second kappa shape index (κ2) is 8.91. The van der Waals surface area contributed by atoms with Crippen LogP contribution in [0.25, 0.3) is 6.08 Å². The highest BCUT2D eigenvalue weighted by Gasteiger charge is 2.34. The van der Waals surface area contributed by atoms with Crippen LogP contribution in [0.5, 0.6) is 0 Å². The molecule has 0 spiro atoms. The second-order valence-corrected chi connectivity index (χ2v) is 7.73. The number of rotatable bonds is 6. The van der Waals surface area contributed by atoms with Gasteiger partial charge in [0.15, 0.2) is 0 Å². The van der Waals surface area contributed by atoms with Crippen molar-refractivity contribution in [2.45, 2.75) is 12.8 Å². The lowest BCUT2D eigenvalue weighted by Crippen LogP contribution is -2.30. The van der Waals surface area contributed by atoms with E-state index in [0.29, 0.717) is 5.01 Å². The molecular formula is C19H15FN4O2S2. The summed E-state index contributed by atoms with van der Waals surface area (Å²) < 4.78 is 13.8. The molecule has 0 unspecified atom stereocenters. The van der Waals surface area contributed by atoms with Crippen molar-refractivity contribution in [1.82, 2.24) is 9.88 Å². The molecule has 2 aromatic rings. The molecule has 0 radical (unpaired) electrons. The van der Waals surface area contributed by atoms with Gasteiger partial charge in [0.05, 0.1) is 17.5 Å². The van der Waals surface area contributed by atoms with Crippen LogP contribution in [0.2, 0.25) is 0 Å². The minimum atomic E-state index is -0.561. The van der Waals surface area contributed by atoms with Gasteiger partial charge in [0.1, 0.15) is 16.7 Å². The monoisotopic (exact) mass is 414 g/mol. The number of carbonyl (C=O) groups excluding carboxylic acids is 2. The lowest BCUT2D eigenvalue weighted by Gasteiger charge is -2.10. The van der Waals surface area contributed by atoms with E-state index in [2.05, 4.69) is 16.0 Å². The number of nitriles is 1. The van der Waals surface area contributed by atoms with E-state index >= 15 is 0 Å². The Hall–Kier alpha value is -2.83. The fraction of sp³-hybridized carbons (Fsp3) is 0.211.